The molecule has 1 aliphatic rings. The summed E-state index contributed by atoms with van der Waals surface area (Å²) in [6.45, 7) is 2.88. The zero-order chi connectivity index (χ0) is 18.3. The lowest BCUT2D eigenvalue weighted by Crippen LogP contribution is -2.28. The van der Waals surface area contributed by atoms with Crippen LogP contribution in [0.3, 0.4) is 0 Å². The second-order valence-electron chi connectivity index (χ2n) is 6.43. The Morgan fingerprint density at radius 2 is 2.12 bits per heavy atom. The fourth-order valence-electron chi connectivity index (χ4n) is 3.48. The molecule has 4 nitrogen and oxygen atoms in total. The highest BCUT2D eigenvalue weighted by molar-refractivity contribution is 7.19. The maximum atomic E-state index is 11.7. The minimum Gasteiger partial charge on any atom is -0.488 e. The third-order valence-electron chi connectivity index (χ3n) is 4.67. The average Bonchev–Trinajstić information content (AvgIpc) is 3.20. The van der Waals surface area contributed by atoms with Crippen LogP contribution in [0.4, 0.5) is 10.5 Å². The van der Waals surface area contributed by atoms with Gasteiger partial charge in [-0.15, -0.1) is 22.9 Å². The smallest absolute Gasteiger partial charge is 0.411 e. The van der Waals surface area contributed by atoms with E-state index in [4.69, 9.17) is 16.3 Å². The van der Waals surface area contributed by atoms with E-state index in [-0.39, 0.29) is 5.92 Å². The van der Waals surface area contributed by atoms with Gasteiger partial charge in [-0.2, -0.15) is 0 Å². The number of halogens is 1. The van der Waals surface area contributed by atoms with E-state index in [2.05, 4.69) is 13.0 Å². The molecule has 134 valence electrons. The van der Waals surface area contributed by atoms with E-state index in [0.29, 0.717) is 30.5 Å². The summed E-state index contributed by atoms with van der Waals surface area (Å²) in [5, 5.41) is 10.6. The maximum Gasteiger partial charge on any atom is 0.411 e. The first-order valence-corrected chi connectivity index (χ1v) is 9.73. The third-order valence-corrected chi connectivity index (χ3v) is 6.12. The third kappa shape index (κ3) is 2.91. The van der Waals surface area contributed by atoms with E-state index >= 15 is 0 Å². The van der Waals surface area contributed by atoms with Crippen molar-refractivity contribution >= 4 is 44.8 Å². The largest absolute Gasteiger partial charge is 0.488 e. The highest BCUT2D eigenvalue weighted by Gasteiger charge is 2.35. The Bertz CT molecular complexity index is 970. The van der Waals surface area contributed by atoms with Crippen molar-refractivity contribution in [1.29, 1.82) is 0 Å². The molecule has 0 bridgehead atoms. The van der Waals surface area contributed by atoms with E-state index in [9.17, 15) is 9.90 Å². The van der Waals surface area contributed by atoms with Crippen LogP contribution in [0.25, 0.3) is 10.1 Å². The highest BCUT2D eigenvalue weighted by atomic mass is 35.5. The summed E-state index contributed by atoms with van der Waals surface area (Å²) in [5.74, 6) is 1.12. The predicted octanol–water partition coefficient (Wildman–Crippen LogP) is 5.61. The van der Waals surface area contributed by atoms with Crippen molar-refractivity contribution in [2.75, 3.05) is 17.3 Å². The van der Waals surface area contributed by atoms with Gasteiger partial charge in [0.05, 0.1) is 5.69 Å². The van der Waals surface area contributed by atoms with Gasteiger partial charge in [0.15, 0.2) is 0 Å². The van der Waals surface area contributed by atoms with Crippen molar-refractivity contribution in [3.05, 3.63) is 58.5 Å². The topological polar surface area (TPSA) is 49.8 Å². The van der Waals surface area contributed by atoms with Gasteiger partial charge in [0, 0.05) is 44.9 Å². The second-order valence-corrected chi connectivity index (χ2v) is 7.99. The number of hydrogen-bond donors (Lipinski definition) is 1. The van der Waals surface area contributed by atoms with Gasteiger partial charge in [0.2, 0.25) is 0 Å². The summed E-state index contributed by atoms with van der Waals surface area (Å²) in [4.78, 5) is 14.3. The summed E-state index contributed by atoms with van der Waals surface area (Å²) in [5.41, 5.74) is 2.80. The zero-order valence-electron chi connectivity index (χ0n) is 14.2. The van der Waals surface area contributed by atoms with E-state index in [0.717, 1.165) is 21.2 Å². The van der Waals surface area contributed by atoms with Gasteiger partial charge in [-0.05, 0) is 18.6 Å². The van der Waals surface area contributed by atoms with Crippen molar-refractivity contribution in [1.82, 2.24) is 0 Å². The zero-order valence-corrected chi connectivity index (χ0v) is 15.8. The number of alkyl halides is 1. The first-order valence-electron chi connectivity index (χ1n) is 8.38. The lowest BCUT2D eigenvalue weighted by atomic mass is 10.0. The van der Waals surface area contributed by atoms with Crippen LogP contribution in [0.1, 0.15) is 21.9 Å². The first-order chi connectivity index (χ1) is 12.6. The molecule has 1 amide bonds. The molecular formula is C20H18ClNO3S. The molecule has 3 aromatic rings. The second kappa shape index (κ2) is 6.82. The monoisotopic (exact) mass is 387 g/mol. The van der Waals surface area contributed by atoms with E-state index < -0.39 is 6.09 Å². The van der Waals surface area contributed by atoms with E-state index in [1.54, 1.807) is 11.3 Å². The molecular weight excluding hydrogens is 370 g/mol. The molecule has 0 aliphatic carbocycles. The Labute approximate surface area is 160 Å². The quantitative estimate of drug-likeness (QED) is 0.592. The summed E-state index contributed by atoms with van der Waals surface area (Å²) in [6, 6.07) is 13.9. The van der Waals surface area contributed by atoms with Gasteiger partial charge in [0.1, 0.15) is 12.4 Å². The van der Waals surface area contributed by atoms with Gasteiger partial charge in [-0.1, -0.05) is 30.3 Å². The molecule has 1 unspecified atom stereocenters. The number of amides is 1. The number of benzene rings is 2. The van der Waals surface area contributed by atoms with E-state index in [1.807, 2.05) is 36.4 Å². The number of carbonyl (C=O) groups is 1. The summed E-state index contributed by atoms with van der Waals surface area (Å²) in [7, 11) is 0. The number of rotatable bonds is 4. The van der Waals surface area contributed by atoms with Gasteiger partial charge >= 0.3 is 6.09 Å². The van der Waals surface area contributed by atoms with Crippen molar-refractivity contribution in [3.8, 4) is 5.75 Å². The Hall–Kier alpha value is -2.24. The molecule has 0 spiro atoms. The molecule has 1 atom stereocenters. The number of fused-ring (bicyclic) bond motifs is 3. The first kappa shape index (κ1) is 17.2. The fourth-order valence-corrected chi connectivity index (χ4v) is 4.88. The van der Waals surface area contributed by atoms with Gasteiger partial charge in [0.25, 0.3) is 0 Å². The molecule has 0 saturated carbocycles. The highest BCUT2D eigenvalue weighted by Crippen LogP contribution is 2.48. The standard InChI is InChI=1S/C20H18ClNO3S/c1-12-7-15-17(25-11-13-5-3-2-4-6-13)8-16-18(19(15)26-12)14(9-21)10-22(16)20(23)24/h2-8,14H,9-11H2,1H3,(H,23,24). The molecule has 1 N–H and O–H groups in total. The number of thiophene rings is 1. The number of anilines is 1. The molecule has 0 fully saturated rings. The van der Waals surface area contributed by atoms with Gasteiger partial charge < -0.3 is 9.84 Å². The molecule has 4 rings (SSSR count). The number of nitrogens with zero attached hydrogens (tertiary/aromatic N) is 1. The number of hydrogen-bond acceptors (Lipinski definition) is 3. The molecule has 2 aromatic carbocycles. The average molecular weight is 388 g/mol. The van der Waals surface area contributed by atoms with Crippen LogP contribution >= 0.6 is 22.9 Å². The van der Waals surface area contributed by atoms with Gasteiger partial charge in [-0.25, -0.2) is 4.79 Å². The van der Waals surface area contributed by atoms with E-state index in [1.165, 1.54) is 9.78 Å². The normalized spacial score (nSPS) is 16.1. The minimum absolute atomic E-state index is 0.00601. The lowest BCUT2D eigenvalue weighted by Gasteiger charge is -2.15. The van der Waals surface area contributed by atoms with Crippen LogP contribution in [0.15, 0.2) is 42.5 Å². The molecule has 0 radical (unpaired) electrons. The lowest BCUT2D eigenvalue weighted by molar-refractivity contribution is 0.202. The summed E-state index contributed by atoms with van der Waals surface area (Å²) < 4.78 is 7.18. The van der Waals surface area contributed by atoms with Crippen molar-refractivity contribution in [3.63, 3.8) is 0 Å². The van der Waals surface area contributed by atoms with Crippen LogP contribution in [-0.2, 0) is 6.61 Å². The Kier molecular flexibility index (Phi) is 4.51. The predicted molar refractivity (Wildman–Crippen MR) is 106 cm³/mol. The molecule has 26 heavy (non-hydrogen) atoms. The fraction of sp³-hybridized carbons (Fsp3) is 0.250. The van der Waals surface area contributed by atoms with Crippen LogP contribution in [0, 0.1) is 6.92 Å². The van der Waals surface area contributed by atoms with Crippen LogP contribution in [-0.4, -0.2) is 23.6 Å². The van der Waals surface area contributed by atoms with Crippen molar-refractivity contribution < 1.29 is 14.6 Å². The molecule has 1 aliphatic heterocycles. The number of ether oxygens (including phenoxy) is 1. The van der Waals surface area contributed by atoms with Gasteiger partial charge in [-0.3, -0.25) is 4.90 Å². The van der Waals surface area contributed by atoms with Crippen molar-refractivity contribution in [2.45, 2.75) is 19.4 Å². The summed E-state index contributed by atoms with van der Waals surface area (Å²) in [6.07, 6.45) is -0.958. The molecule has 2 heterocycles. The van der Waals surface area contributed by atoms with Crippen LogP contribution in [0.5, 0.6) is 5.75 Å². The minimum atomic E-state index is -0.958. The number of aryl methyl sites for hydroxylation is 1. The summed E-state index contributed by atoms with van der Waals surface area (Å²) >= 11 is 7.82. The molecule has 6 heteroatoms. The SMILES string of the molecule is Cc1cc2c(OCc3ccccc3)cc3c(c2s1)C(CCl)CN3C(=O)O. The Balaban J connectivity index is 1.81. The Morgan fingerprint density at radius 3 is 2.81 bits per heavy atom. The Morgan fingerprint density at radius 1 is 1.35 bits per heavy atom. The number of carboxylic acid groups (broad SMARTS) is 1. The molecule has 1 aromatic heterocycles. The maximum absolute atomic E-state index is 11.7. The van der Waals surface area contributed by atoms with Crippen LogP contribution < -0.4 is 9.64 Å². The van der Waals surface area contributed by atoms with Crippen molar-refractivity contribution in [2.24, 2.45) is 0 Å². The molecule has 0 saturated heterocycles. The van der Waals surface area contributed by atoms with Crippen LogP contribution in [0.2, 0.25) is 0 Å².